The standard InChI is InChI=1S/C13H21N3/c1-2-4-12-5-3-6-13(15-12)16-9-7-11(14)8-10-16/h3,5-6,11H,2,4,7-10,14H2,1H3. The molecule has 1 aliphatic rings. The summed E-state index contributed by atoms with van der Waals surface area (Å²) in [6.07, 6.45) is 4.39. The van der Waals surface area contributed by atoms with Gasteiger partial charge in [-0.2, -0.15) is 0 Å². The molecule has 0 bridgehead atoms. The van der Waals surface area contributed by atoms with E-state index in [2.05, 4.69) is 30.0 Å². The molecule has 0 amide bonds. The second kappa shape index (κ2) is 5.30. The molecule has 1 aromatic heterocycles. The van der Waals surface area contributed by atoms with Gasteiger partial charge in [-0.1, -0.05) is 19.4 Å². The van der Waals surface area contributed by atoms with Crippen LogP contribution in [0.25, 0.3) is 0 Å². The number of piperidine rings is 1. The van der Waals surface area contributed by atoms with Gasteiger partial charge in [0, 0.05) is 24.8 Å². The first kappa shape index (κ1) is 11.4. The van der Waals surface area contributed by atoms with Gasteiger partial charge < -0.3 is 10.6 Å². The summed E-state index contributed by atoms with van der Waals surface area (Å²) in [6, 6.07) is 6.72. The van der Waals surface area contributed by atoms with Crippen molar-refractivity contribution in [3.05, 3.63) is 23.9 Å². The Morgan fingerprint density at radius 1 is 1.38 bits per heavy atom. The van der Waals surface area contributed by atoms with Crippen LogP contribution in [0.1, 0.15) is 31.9 Å². The van der Waals surface area contributed by atoms with Crippen molar-refractivity contribution in [3.8, 4) is 0 Å². The Hall–Kier alpha value is -1.09. The first-order valence-corrected chi connectivity index (χ1v) is 6.26. The largest absolute Gasteiger partial charge is 0.356 e. The molecule has 0 unspecified atom stereocenters. The van der Waals surface area contributed by atoms with Gasteiger partial charge in [0.2, 0.25) is 0 Å². The molecule has 2 N–H and O–H groups in total. The van der Waals surface area contributed by atoms with Gasteiger partial charge in [-0.3, -0.25) is 0 Å². The second-order valence-electron chi connectivity index (χ2n) is 4.56. The Labute approximate surface area is 97.7 Å². The summed E-state index contributed by atoms with van der Waals surface area (Å²) in [4.78, 5) is 7.05. The van der Waals surface area contributed by atoms with Gasteiger partial charge in [0.1, 0.15) is 5.82 Å². The Balaban J connectivity index is 2.05. The lowest BCUT2D eigenvalue weighted by Crippen LogP contribution is -2.40. The zero-order valence-electron chi connectivity index (χ0n) is 10.0. The molecule has 0 atom stereocenters. The number of aryl methyl sites for hydroxylation is 1. The van der Waals surface area contributed by atoms with E-state index >= 15 is 0 Å². The van der Waals surface area contributed by atoms with Crippen LogP contribution in [0.15, 0.2) is 18.2 Å². The van der Waals surface area contributed by atoms with Crippen molar-refractivity contribution in [1.82, 2.24) is 4.98 Å². The minimum atomic E-state index is 0.384. The van der Waals surface area contributed by atoms with E-state index < -0.39 is 0 Å². The van der Waals surface area contributed by atoms with E-state index in [-0.39, 0.29) is 0 Å². The molecule has 1 aromatic rings. The molecule has 1 aliphatic heterocycles. The number of pyridine rings is 1. The molecule has 3 nitrogen and oxygen atoms in total. The molecule has 0 saturated carbocycles. The van der Waals surface area contributed by atoms with E-state index in [1.807, 2.05) is 0 Å². The smallest absolute Gasteiger partial charge is 0.128 e. The molecule has 3 heteroatoms. The number of aromatic nitrogens is 1. The van der Waals surface area contributed by atoms with E-state index in [4.69, 9.17) is 10.7 Å². The molecule has 0 aromatic carbocycles. The molecular formula is C13H21N3. The number of hydrogen-bond donors (Lipinski definition) is 1. The van der Waals surface area contributed by atoms with Gasteiger partial charge in [-0.25, -0.2) is 4.98 Å². The average molecular weight is 219 g/mol. The summed E-state index contributed by atoms with van der Waals surface area (Å²) >= 11 is 0. The monoisotopic (exact) mass is 219 g/mol. The maximum atomic E-state index is 5.91. The number of nitrogens with zero attached hydrogens (tertiary/aromatic N) is 2. The average Bonchev–Trinajstić information content (AvgIpc) is 2.31. The Bertz CT molecular complexity index is 330. The summed E-state index contributed by atoms with van der Waals surface area (Å²) in [6.45, 7) is 4.28. The lowest BCUT2D eigenvalue weighted by Gasteiger charge is -2.31. The van der Waals surface area contributed by atoms with Crippen LogP contribution in [0.4, 0.5) is 5.82 Å². The SMILES string of the molecule is CCCc1cccc(N2CCC(N)CC2)n1. The number of hydrogen-bond acceptors (Lipinski definition) is 3. The number of nitrogens with two attached hydrogens (primary N) is 1. The van der Waals surface area contributed by atoms with Crippen molar-refractivity contribution in [3.63, 3.8) is 0 Å². The van der Waals surface area contributed by atoms with Crippen LogP contribution in [0, 0.1) is 0 Å². The van der Waals surface area contributed by atoms with Gasteiger partial charge in [-0.05, 0) is 31.4 Å². The zero-order valence-corrected chi connectivity index (χ0v) is 10.0. The first-order valence-electron chi connectivity index (χ1n) is 6.26. The summed E-state index contributed by atoms with van der Waals surface area (Å²) in [5.41, 5.74) is 7.11. The third-order valence-corrected chi connectivity index (χ3v) is 3.16. The molecule has 0 spiro atoms. The summed E-state index contributed by atoms with van der Waals surface area (Å²) in [5.74, 6) is 1.12. The molecule has 2 rings (SSSR count). The fourth-order valence-corrected chi connectivity index (χ4v) is 2.17. The van der Waals surface area contributed by atoms with Gasteiger partial charge in [-0.15, -0.1) is 0 Å². The van der Waals surface area contributed by atoms with Gasteiger partial charge in [0.05, 0.1) is 0 Å². The molecule has 2 heterocycles. The van der Waals surface area contributed by atoms with E-state index in [1.165, 1.54) is 5.69 Å². The lowest BCUT2D eigenvalue weighted by molar-refractivity contribution is 0.498. The third-order valence-electron chi connectivity index (χ3n) is 3.16. The number of anilines is 1. The second-order valence-corrected chi connectivity index (χ2v) is 4.56. The van der Waals surface area contributed by atoms with Crippen molar-refractivity contribution >= 4 is 5.82 Å². The van der Waals surface area contributed by atoms with Crippen LogP contribution in [0.3, 0.4) is 0 Å². The van der Waals surface area contributed by atoms with Crippen molar-refractivity contribution in [1.29, 1.82) is 0 Å². The topological polar surface area (TPSA) is 42.1 Å². The van der Waals surface area contributed by atoms with Crippen molar-refractivity contribution in [2.24, 2.45) is 5.73 Å². The lowest BCUT2D eigenvalue weighted by atomic mass is 10.1. The predicted octanol–water partition coefficient (Wildman–Crippen LogP) is 1.96. The zero-order chi connectivity index (χ0) is 11.4. The normalized spacial score (nSPS) is 17.8. The van der Waals surface area contributed by atoms with E-state index in [0.29, 0.717) is 6.04 Å². The van der Waals surface area contributed by atoms with Gasteiger partial charge in [0.15, 0.2) is 0 Å². The Kier molecular flexibility index (Phi) is 3.78. The highest BCUT2D eigenvalue weighted by atomic mass is 15.2. The fraction of sp³-hybridized carbons (Fsp3) is 0.615. The summed E-state index contributed by atoms with van der Waals surface area (Å²) in [7, 11) is 0. The molecule has 88 valence electrons. The first-order chi connectivity index (χ1) is 7.79. The number of rotatable bonds is 3. The highest BCUT2D eigenvalue weighted by Gasteiger charge is 2.17. The fourth-order valence-electron chi connectivity index (χ4n) is 2.17. The van der Waals surface area contributed by atoms with Crippen LogP contribution in [-0.4, -0.2) is 24.1 Å². The summed E-state index contributed by atoms with van der Waals surface area (Å²) in [5, 5.41) is 0. The van der Waals surface area contributed by atoms with Crippen LogP contribution in [-0.2, 0) is 6.42 Å². The Morgan fingerprint density at radius 3 is 2.81 bits per heavy atom. The summed E-state index contributed by atoms with van der Waals surface area (Å²) < 4.78 is 0. The highest BCUT2D eigenvalue weighted by Crippen LogP contribution is 2.17. The highest BCUT2D eigenvalue weighted by molar-refractivity contribution is 5.39. The van der Waals surface area contributed by atoms with Gasteiger partial charge >= 0.3 is 0 Å². The van der Waals surface area contributed by atoms with Crippen LogP contribution >= 0.6 is 0 Å². The quantitative estimate of drug-likeness (QED) is 0.845. The van der Waals surface area contributed by atoms with E-state index in [9.17, 15) is 0 Å². The van der Waals surface area contributed by atoms with Crippen molar-refractivity contribution < 1.29 is 0 Å². The minimum Gasteiger partial charge on any atom is -0.356 e. The molecule has 0 aliphatic carbocycles. The van der Waals surface area contributed by atoms with Crippen LogP contribution in [0.5, 0.6) is 0 Å². The molecule has 16 heavy (non-hydrogen) atoms. The van der Waals surface area contributed by atoms with Gasteiger partial charge in [0.25, 0.3) is 0 Å². The maximum Gasteiger partial charge on any atom is 0.128 e. The molecule has 0 radical (unpaired) electrons. The predicted molar refractivity (Wildman–Crippen MR) is 67.7 cm³/mol. The van der Waals surface area contributed by atoms with E-state index in [0.717, 1.165) is 44.6 Å². The molecule has 1 fully saturated rings. The van der Waals surface area contributed by atoms with Crippen molar-refractivity contribution in [2.75, 3.05) is 18.0 Å². The van der Waals surface area contributed by atoms with E-state index in [1.54, 1.807) is 0 Å². The minimum absolute atomic E-state index is 0.384. The molecule has 1 saturated heterocycles. The van der Waals surface area contributed by atoms with Crippen LogP contribution in [0.2, 0.25) is 0 Å². The Morgan fingerprint density at radius 2 is 2.12 bits per heavy atom. The maximum absolute atomic E-state index is 5.91. The third kappa shape index (κ3) is 2.73. The van der Waals surface area contributed by atoms with Crippen LogP contribution < -0.4 is 10.6 Å². The van der Waals surface area contributed by atoms with Crippen molar-refractivity contribution in [2.45, 2.75) is 38.6 Å². The molecular weight excluding hydrogens is 198 g/mol.